The van der Waals surface area contributed by atoms with Crippen molar-refractivity contribution >= 4 is 10.8 Å². The molecule has 0 aliphatic heterocycles. The number of nitrogens with one attached hydrogen (secondary N) is 1. The van der Waals surface area contributed by atoms with Gasteiger partial charge in [-0.1, -0.05) is 6.92 Å². The number of hydrogen-bond donors (Lipinski definition) is 1. The molecule has 1 N–H and O–H groups in total. The Kier molecular flexibility index (Phi) is 5.62. The largest absolute Gasteiger partial charge is 0.309 e. The summed E-state index contributed by atoms with van der Waals surface area (Å²) in [5.74, 6) is 0.941. The summed E-state index contributed by atoms with van der Waals surface area (Å²) >= 11 is 0. The lowest BCUT2D eigenvalue weighted by atomic mass is 10.4. The molecular weight excluding hydrogens is 224 g/mol. The van der Waals surface area contributed by atoms with Gasteiger partial charge in [-0.25, -0.2) is 9.67 Å². The first-order valence-corrected chi connectivity index (χ1v) is 7.17. The molecule has 2 atom stereocenters. The predicted octanol–water partition coefficient (Wildman–Crippen LogP) is 0.545. The van der Waals surface area contributed by atoms with Crippen LogP contribution >= 0.6 is 0 Å². The Morgan fingerprint density at radius 1 is 1.62 bits per heavy atom. The highest BCUT2D eigenvalue weighted by Crippen LogP contribution is 1.96. The molecule has 0 aliphatic carbocycles. The van der Waals surface area contributed by atoms with Crippen molar-refractivity contribution in [3.05, 3.63) is 12.2 Å². The molecule has 0 fully saturated rings. The minimum atomic E-state index is -0.773. The number of nitrogens with zero attached hydrogens (tertiary/aromatic N) is 3. The number of hydrogen-bond acceptors (Lipinski definition) is 4. The molecular formula is C10H20N4OS. The minimum Gasteiger partial charge on any atom is -0.309 e. The molecule has 16 heavy (non-hydrogen) atoms. The van der Waals surface area contributed by atoms with Gasteiger partial charge in [0.05, 0.1) is 6.54 Å². The van der Waals surface area contributed by atoms with Crippen molar-refractivity contribution in [1.82, 2.24) is 20.1 Å². The first-order valence-electron chi connectivity index (χ1n) is 5.54. The van der Waals surface area contributed by atoms with Gasteiger partial charge in [-0.2, -0.15) is 5.10 Å². The first-order chi connectivity index (χ1) is 7.65. The molecule has 1 aromatic heterocycles. The third-order valence-corrected chi connectivity index (χ3v) is 3.71. The maximum absolute atomic E-state index is 11.1. The monoisotopic (exact) mass is 244 g/mol. The molecule has 2 unspecified atom stereocenters. The summed E-state index contributed by atoms with van der Waals surface area (Å²) in [6.45, 7) is 6.40. The number of rotatable bonds is 7. The predicted molar refractivity (Wildman–Crippen MR) is 65.5 cm³/mol. The molecule has 0 bridgehead atoms. The zero-order valence-corrected chi connectivity index (χ0v) is 11.0. The summed E-state index contributed by atoms with van der Waals surface area (Å²) in [7, 11) is -0.773. The zero-order chi connectivity index (χ0) is 12.0. The highest BCUT2D eigenvalue weighted by Gasteiger charge is 2.07. The van der Waals surface area contributed by atoms with Gasteiger partial charge >= 0.3 is 0 Å². The Bertz CT molecular complexity index is 339. The standard InChI is InChI=1S/C10H20N4OS/c1-4-5-14-10(12-8-13-14)7-11-6-9(2)16(3)15/h8-9,11H,4-7H2,1-3H3. The summed E-state index contributed by atoms with van der Waals surface area (Å²) in [6.07, 6.45) is 4.35. The van der Waals surface area contributed by atoms with E-state index in [1.807, 2.05) is 11.6 Å². The van der Waals surface area contributed by atoms with Crippen LogP contribution in [0.4, 0.5) is 0 Å². The van der Waals surface area contributed by atoms with Crippen molar-refractivity contribution < 1.29 is 4.21 Å². The van der Waals surface area contributed by atoms with Crippen LogP contribution in [0.3, 0.4) is 0 Å². The van der Waals surface area contributed by atoms with Crippen molar-refractivity contribution in [1.29, 1.82) is 0 Å². The Hall–Kier alpha value is -0.750. The van der Waals surface area contributed by atoms with Crippen molar-refractivity contribution in [2.45, 2.75) is 38.6 Å². The first kappa shape index (κ1) is 13.3. The van der Waals surface area contributed by atoms with Crippen LogP contribution in [-0.2, 0) is 23.9 Å². The molecule has 92 valence electrons. The average molecular weight is 244 g/mol. The lowest BCUT2D eigenvalue weighted by Crippen LogP contribution is -2.28. The van der Waals surface area contributed by atoms with Crippen molar-refractivity contribution in [3.8, 4) is 0 Å². The molecule has 6 heteroatoms. The smallest absolute Gasteiger partial charge is 0.140 e. The minimum absolute atomic E-state index is 0.169. The van der Waals surface area contributed by atoms with E-state index in [-0.39, 0.29) is 5.25 Å². The second-order valence-electron chi connectivity index (χ2n) is 3.84. The Labute approximate surface area is 99.1 Å². The molecule has 5 nitrogen and oxygen atoms in total. The maximum atomic E-state index is 11.1. The van der Waals surface area contributed by atoms with Gasteiger partial charge in [0.2, 0.25) is 0 Å². The fourth-order valence-electron chi connectivity index (χ4n) is 1.33. The molecule has 0 saturated heterocycles. The molecule has 0 radical (unpaired) electrons. The van der Waals surface area contributed by atoms with Gasteiger partial charge in [0, 0.05) is 35.4 Å². The SMILES string of the molecule is CCCn1ncnc1CNCC(C)S(C)=O. The maximum Gasteiger partial charge on any atom is 0.140 e. The van der Waals surface area contributed by atoms with E-state index in [1.165, 1.54) is 0 Å². The summed E-state index contributed by atoms with van der Waals surface area (Å²) in [6, 6.07) is 0. The normalized spacial score (nSPS) is 14.9. The topological polar surface area (TPSA) is 59.8 Å². The van der Waals surface area contributed by atoms with Gasteiger partial charge in [0.1, 0.15) is 12.2 Å². The van der Waals surface area contributed by atoms with Crippen molar-refractivity contribution in [3.63, 3.8) is 0 Å². The summed E-state index contributed by atoms with van der Waals surface area (Å²) in [5.41, 5.74) is 0. The molecule has 0 aromatic carbocycles. The van der Waals surface area contributed by atoms with Crippen LogP contribution in [0.15, 0.2) is 6.33 Å². The number of aryl methyl sites for hydroxylation is 1. The molecule has 1 heterocycles. The van der Waals surface area contributed by atoms with Gasteiger partial charge in [-0.3, -0.25) is 4.21 Å². The average Bonchev–Trinajstić information content (AvgIpc) is 2.66. The van der Waals surface area contributed by atoms with E-state index in [0.29, 0.717) is 6.54 Å². The van der Waals surface area contributed by atoms with E-state index in [4.69, 9.17) is 0 Å². The van der Waals surface area contributed by atoms with Crippen LogP contribution in [-0.4, -0.2) is 37.0 Å². The van der Waals surface area contributed by atoms with Gasteiger partial charge in [-0.15, -0.1) is 0 Å². The second-order valence-corrected chi connectivity index (χ2v) is 5.64. The van der Waals surface area contributed by atoms with Crippen molar-refractivity contribution in [2.24, 2.45) is 0 Å². The van der Waals surface area contributed by atoms with Crippen LogP contribution in [0.25, 0.3) is 0 Å². The quantitative estimate of drug-likeness (QED) is 0.761. The number of aromatic nitrogens is 3. The summed E-state index contributed by atoms with van der Waals surface area (Å²) in [5, 5.41) is 7.56. The van der Waals surface area contributed by atoms with Crippen LogP contribution in [0.2, 0.25) is 0 Å². The van der Waals surface area contributed by atoms with Crippen molar-refractivity contribution in [2.75, 3.05) is 12.8 Å². The van der Waals surface area contributed by atoms with Gasteiger partial charge in [-0.05, 0) is 13.3 Å². The lowest BCUT2D eigenvalue weighted by molar-refractivity contribution is 0.541. The molecule has 0 spiro atoms. The van der Waals surface area contributed by atoms with Gasteiger partial charge < -0.3 is 5.32 Å². The zero-order valence-electron chi connectivity index (χ0n) is 10.1. The lowest BCUT2D eigenvalue weighted by Gasteiger charge is -2.10. The van der Waals surface area contributed by atoms with Crippen LogP contribution < -0.4 is 5.32 Å². The Morgan fingerprint density at radius 2 is 2.38 bits per heavy atom. The third-order valence-electron chi connectivity index (χ3n) is 2.41. The molecule has 0 aliphatic rings. The van der Waals surface area contributed by atoms with Gasteiger partial charge in [0.25, 0.3) is 0 Å². The van der Waals surface area contributed by atoms with E-state index in [1.54, 1.807) is 12.6 Å². The highest BCUT2D eigenvalue weighted by molar-refractivity contribution is 7.84. The van der Waals surface area contributed by atoms with E-state index in [0.717, 1.165) is 25.3 Å². The second kappa shape index (κ2) is 6.75. The van der Waals surface area contributed by atoms with E-state index in [9.17, 15) is 4.21 Å². The van der Waals surface area contributed by atoms with Crippen LogP contribution in [0, 0.1) is 0 Å². The Morgan fingerprint density at radius 3 is 3.00 bits per heavy atom. The molecule has 1 rings (SSSR count). The van der Waals surface area contributed by atoms with E-state index < -0.39 is 10.8 Å². The molecule has 0 amide bonds. The summed E-state index contributed by atoms with van der Waals surface area (Å²) in [4.78, 5) is 4.19. The molecule has 1 aromatic rings. The third kappa shape index (κ3) is 4.02. The Balaban J connectivity index is 2.36. The fourth-order valence-corrected chi connectivity index (χ4v) is 1.68. The van der Waals surface area contributed by atoms with Crippen LogP contribution in [0.1, 0.15) is 26.1 Å². The van der Waals surface area contributed by atoms with E-state index >= 15 is 0 Å². The molecule has 0 saturated carbocycles. The van der Waals surface area contributed by atoms with E-state index in [2.05, 4.69) is 22.3 Å². The summed E-state index contributed by atoms with van der Waals surface area (Å²) < 4.78 is 13.0. The highest BCUT2D eigenvalue weighted by atomic mass is 32.2. The van der Waals surface area contributed by atoms with Crippen LogP contribution in [0.5, 0.6) is 0 Å². The van der Waals surface area contributed by atoms with Gasteiger partial charge in [0.15, 0.2) is 0 Å². The fraction of sp³-hybridized carbons (Fsp3) is 0.800.